The van der Waals surface area contributed by atoms with Crippen molar-refractivity contribution in [3.8, 4) is 0 Å². The predicted molar refractivity (Wildman–Crippen MR) is 154 cm³/mol. The number of hydrogen-bond donors (Lipinski definition) is 0. The Morgan fingerprint density at radius 3 is 2.32 bits per heavy atom. The van der Waals surface area contributed by atoms with Gasteiger partial charge in [0.1, 0.15) is 6.54 Å². The van der Waals surface area contributed by atoms with Gasteiger partial charge in [-0.15, -0.1) is 0 Å². The van der Waals surface area contributed by atoms with Crippen LogP contribution in [0.4, 0.5) is 0 Å². The van der Waals surface area contributed by atoms with Gasteiger partial charge in [0.05, 0.1) is 6.54 Å². The van der Waals surface area contributed by atoms with Crippen LogP contribution in [0, 0.1) is 0 Å². The topological polar surface area (TPSA) is 45.6 Å². The van der Waals surface area contributed by atoms with E-state index in [9.17, 15) is 9.59 Å². The van der Waals surface area contributed by atoms with Gasteiger partial charge in [0.2, 0.25) is 11.8 Å². The first kappa shape index (κ1) is 27.4. The van der Waals surface area contributed by atoms with Crippen LogP contribution in [0.25, 0.3) is 6.08 Å². The third-order valence-corrected chi connectivity index (χ3v) is 7.72. The van der Waals surface area contributed by atoms with E-state index in [1.807, 2.05) is 49.4 Å². The summed E-state index contributed by atoms with van der Waals surface area (Å²) in [5, 5.41) is 0. The van der Waals surface area contributed by atoms with E-state index in [-0.39, 0.29) is 30.4 Å². The maximum absolute atomic E-state index is 13.9. The van der Waals surface area contributed by atoms with Gasteiger partial charge in [-0.1, -0.05) is 86.8 Å². The standard InChI is InChI=1S/C33H41N3O2/c1-3-27(2)35(32(37)22-21-28-14-7-4-8-15-28)26-33(38)36(30-18-11-6-12-19-30)25-31-20-13-23-34(31)24-29-16-9-5-10-17-29/h4-5,7-10,13-17,20-23,27,30H,3,6,11-12,18-19,24-26H2,1-2H3/b22-21+. The molecule has 1 aromatic heterocycles. The van der Waals surface area contributed by atoms with E-state index in [0.29, 0.717) is 6.54 Å². The third-order valence-electron chi connectivity index (χ3n) is 7.72. The van der Waals surface area contributed by atoms with E-state index in [4.69, 9.17) is 0 Å². The molecule has 1 unspecified atom stereocenters. The van der Waals surface area contributed by atoms with E-state index < -0.39 is 0 Å². The Kier molecular flexibility index (Phi) is 9.97. The summed E-state index contributed by atoms with van der Waals surface area (Å²) in [6, 6.07) is 24.6. The summed E-state index contributed by atoms with van der Waals surface area (Å²) in [6.45, 7) is 5.52. The highest BCUT2D eigenvalue weighted by molar-refractivity contribution is 5.94. The summed E-state index contributed by atoms with van der Waals surface area (Å²) in [6.07, 6.45) is 11.9. The molecule has 0 radical (unpaired) electrons. The van der Waals surface area contributed by atoms with Crippen LogP contribution in [0.3, 0.4) is 0 Å². The second-order valence-electron chi connectivity index (χ2n) is 10.4. The molecule has 200 valence electrons. The van der Waals surface area contributed by atoms with Crippen LogP contribution < -0.4 is 0 Å². The Morgan fingerprint density at radius 1 is 0.947 bits per heavy atom. The fraction of sp³-hybridized carbons (Fsp3) is 0.394. The molecule has 2 amide bonds. The highest BCUT2D eigenvalue weighted by Gasteiger charge is 2.29. The number of rotatable bonds is 11. The summed E-state index contributed by atoms with van der Waals surface area (Å²) in [4.78, 5) is 31.0. The van der Waals surface area contributed by atoms with Crippen LogP contribution in [-0.4, -0.2) is 44.8 Å². The van der Waals surface area contributed by atoms with Gasteiger partial charge in [0, 0.05) is 36.6 Å². The summed E-state index contributed by atoms with van der Waals surface area (Å²) < 4.78 is 2.23. The van der Waals surface area contributed by atoms with Crippen molar-refractivity contribution < 1.29 is 9.59 Å². The fourth-order valence-electron chi connectivity index (χ4n) is 5.25. The molecule has 5 heteroatoms. The first-order valence-corrected chi connectivity index (χ1v) is 14.1. The van der Waals surface area contributed by atoms with Crippen LogP contribution in [0.15, 0.2) is 85.1 Å². The molecule has 1 aliphatic carbocycles. The summed E-state index contributed by atoms with van der Waals surface area (Å²) in [7, 11) is 0. The second-order valence-corrected chi connectivity index (χ2v) is 10.4. The van der Waals surface area contributed by atoms with E-state index in [2.05, 4.69) is 59.0 Å². The zero-order valence-electron chi connectivity index (χ0n) is 22.8. The summed E-state index contributed by atoms with van der Waals surface area (Å²) in [5.74, 6) is -0.0845. The number of nitrogens with zero attached hydrogens (tertiary/aromatic N) is 3. The maximum Gasteiger partial charge on any atom is 0.247 e. The molecule has 0 N–H and O–H groups in total. The van der Waals surface area contributed by atoms with Crippen molar-refractivity contribution in [2.24, 2.45) is 0 Å². The van der Waals surface area contributed by atoms with Gasteiger partial charge < -0.3 is 14.4 Å². The SMILES string of the molecule is CCC(C)N(CC(=O)N(Cc1cccn1Cc1ccccc1)C1CCCCC1)C(=O)/C=C/c1ccccc1. The monoisotopic (exact) mass is 511 g/mol. The molecule has 1 aliphatic rings. The van der Waals surface area contributed by atoms with Crippen LogP contribution in [0.1, 0.15) is 69.2 Å². The number of amides is 2. The molecule has 5 nitrogen and oxygen atoms in total. The van der Waals surface area contributed by atoms with Crippen molar-refractivity contribution in [1.82, 2.24) is 14.4 Å². The van der Waals surface area contributed by atoms with Crippen LogP contribution >= 0.6 is 0 Å². The average molecular weight is 512 g/mol. The maximum atomic E-state index is 13.9. The summed E-state index contributed by atoms with van der Waals surface area (Å²) in [5.41, 5.74) is 3.33. The van der Waals surface area contributed by atoms with Crippen molar-refractivity contribution in [3.05, 3.63) is 102 Å². The van der Waals surface area contributed by atoms with Gasteiger partial charge in [-0.3, -0.25) is 9.59 Å². The molecular formula is C33H41N3O2. The molecule has 1 atom stereocenters. The lowest BCUT2D eigenvalue weighted by atomic mass is 9.94. The van der Waals surface area contributed by atoms with Gasteiger partial charge in [0.15, 0.2) is 0 Å². The van der Waals surface area contributed by atoms with Gasteiger partial charge in [-0.2, -0.15) is 0 Å². The van der Waals surface area contributed by atoms with Gasteiger partial charge in [-0.25, -0.2) is 0 Å². The Labute approximate surface area is 227 Å². The van der Waals surface area contributed by atoms with Gasteiger partial charge in [0.25, 0.3) is 0 Å². The van der Waals surface area contributed by atoms with Crippen LogP contribution in [-0.2, 0) is 22.7 Å². The summed E-state index contributed by atoms with van der Waals surface area (Å²) >= 11 is 0. The molecule has 1 heterocycles. The number of carbonyl (C=O) groups excluding carboxylic acids is 2. The lowest BCUT2D eigenvalue weighted by molar-refractivity contribution is -0.142. The van der Waals surface area contributed by atoms with E-state index in [0.717, 1.165) is 49.9 Å². The Bertz CT molecular complexity index is 1180. The number of benzene rings is 2. The Morgan fingerprint density at radius 2 is 1.63 bits per heavy atom. The van der Waals surface area contributed by atoms with Gasteiger partial charge >= 0.3 is 0 Å². The molecule has 38 heavy (non-hydrogen) atoms. The molecule has 0 aliphatic heterocycles. The second kappa shape index (κ2) is 13.8. The highest BCUT2D eigenvalue weighted by Crippen LogP contribution is 2.25. The molecule has 3 aromatic rings. The molecule has 2 aromatic carbocycles. The minimum Gasteiger partial charge on any atom is -0.345 e. The average Bonchev–Trinajstić information content (AvgIpc) is 3.40. The smallest absolute Gasteiger partial charge is 0.247 e. The zero-order valence-corrected chi connectivity index (χ0v) is 22.8. The molecule has 0 saturated heterocycles. The largest absolute Gasteiger partial charge is 0.345 e. The predicted octanol–water partition coefficient (Wildman–Crippen LogP) is 6.54. The first-order chi connectivity index (χ1) is 18.5. The number of carbonyl (C=O) groups is 2. The van der Waals surface area contributed by atoms with Crippen molar-refractivity contribution in [2.45, 2.75) is 77.5 Å². The molecule has 1 saturated carbocycles. The quantitative estimate of drug-likeness (QED) is 0.275. The zero-order chi connectivity index (χ0) is 26.7. The molecule has 1 fully saturated rings. The van der Waals surface area contributed by atoms with Crippen LogP contribution in [0.5, 0.6) is 0 Å². The van der Waals surface area contributed by atoms with Crippen LogP contribution in [0.2, 0.25) is 0 Å². The van der Waals surface area contributed by atoms with E-state index >= 15 is 0 Å². The highest BCUT2D eigenvalue weighted by atomic mass is 16.2. The minimum absolute atomic E-state index is 0.0259. The third kappa shape index (κ3) is 7.47. The molecule has 0 bridgehead atoms. The molecule has 4 rings (SSSR count). The van der Waals surface area contributed by atoms with E-state index in [1.165, 1.54) is 12.0 Å². The van der Waals surface area contributed by atoms with Crippen molar-refractivity contribution in [3.63, 3.8) is 0 Å². The molecular weight excluding hydrogens is 470 g/mol. The lowest BCUT2D eigenvalue weighted by Crippen LogP contribution is -2.49. The normalized spacial score (nSPS) is 14.9. The van der Waals surface area contributed by atoms with E-state index in [1.54, 1.807) is 11.0 Å². The Hall–Kier alpha value is -3.60. The van der Waals surface area contributed by atoms with Crippen molar-refractivity contribution >= 4 is 17.9 Å². The number of hydrogen-bond acceptors (Lipinski definition) is 2. The Balaban J connectivity index is 1.52. The fourth-order valence-corrected chi connectivity index (χ4v) is 5.25. The molecule has 0 spiro atoms. The first-order valence-electron chi connectivity index (χ1n) is 14.1. The minimum atomic E-state index is -0.118. The van der Waals surface area contributed by atoms with Crippen molar-refractivity contribution in [2.75, 3.05) is 6.54 Å². The van der Waals surface area contributed by atoms with Gasteiger partial charge in [-0.05, 0) is 55.5 Å². The van der Waals surface area contributed by atoms with Crippen molar-refractivity contribution in [1.29, 1.82) is 0 Å². The lowest BCUT2D eigenvalue weighted by Gasteiger charge is -2.37. The number of aromatic nitrogens is 1.